The fourth-order valence-corrected chi connectivity index (χ4v) is 3.93. The molecule has 7 heteroatoms. The predicted octanol–water partition coefficient (Wildman–Crippen LogP) is 4.10. The van der Waals surface area contributed by atoms with Gasteiger partial charge < -0.3 is 15.0 Å². The van der Waals surface area contributed by atoms with Crippen LogP contribution in [0, 0.1) is 5.82 Å². The molecule has 5 nitrogen and oxygen atoms in total. The zero-order valence-corrected chi connectivity index (χ0v) is 16.4. The maximum Gasteiger partial charge on any atom is 0.264 e. The van der Waals surface area contributed by atoms with Crippen molar-refractivity contribution in [1.29, 1.82) is 0 Å². The number of ether oxygens (including phenoxy) is 1. The van der Waals surface area contributed by atoms with Crippen LogP contribution < -0.4 is 10.1 Å². The molecule has 0 aliphatic carbocycles. The molecular formula is C22H19FN2O3S. The largest absolute Gasteiger partial charge is 0.484 e. The number of benzene rings is 2. The minimum atomic E-state index is -0.359. The molecule has 1 aliphatic heterocycles. The fraction of sp³-hybridized carbons (Fsp3) is 0.182. The first-order chi connectivity index (χ1) is 14.1. The first-order valence-electron chi connectivity index (χ1n) is 9.21. The summed E-state index contributed by atoms with van der Waals surface area (Å²) in [6.45, 7) is 1.02. The lowest BCUT2D eigenvalue weighted by Gasteiger charge is -2.29. The molecule has 2 heterocycles. The molecule has 0 bridgehead atoms. The van der Waals surface area contributed by atoms with Gasteiger partial charge in [-0.05, 0) is 65.4 Å². The van der Waals surface area contributed by atoms with Crippen molar-refractivity contribution in [2.24, 2.45) is 0 Å². The van der Waals surface area contributed by atoms with Crippen LogP contribution in [0.5, 0.6) is 5.75 Å². The van der Waals surface area contributed by atoms with E-state index in [0.717, 1.165) is 16.9 Å². The second-order valence-corrected chi connectivity index (χ2v) is 7.68. The molecule has 4 rings (SSSR count). The van der Waals surface area contributed by atoms with Crippen molar-refractivity contribution in [2.75, 3.05) is 18.5 Å². The van der Waals surface area contributed by atoms with Crippen LogP contribution in [-0.2, 0) is 17.8 Å². The van der Waals surface area contributed by atoms with Crippen molar-refractivity contribution in [1.82, 2.24) is 4.90 Å². The zero-order chi connectivity index (χ0) is 20.2. The van der Waals surface area contributed by atoms with Crippen LogP contribution in [0.15, 0.2) is 60.0 Å². The second kappa shape index (κ2) is 8.45. The van der Waals surface area contributed by atoms with E-state index in [1.54, 1.807) is 0 Å². The van der Waals surface area contributed by atoms with Gasteiger partial charge in [-0.2, -0.15) is 0 Å². The van der Waals surface area contributed by atoms with Gasteiger partial charge >= 0.3 is 0 Å². The fourth-order valence-electron chi connectivity index (χ4n) is 3.24. The number of thiophene rings is 1. The molecule has 0 saturated heterocycles. The number of carbonyl (C=O) groups excluding carboxylic acids is 2. The Labute approximate surface area is 171 Å². The molecule has 2 aromatic carbocycles. The van der Waals surface area contributed by atoms with Crippen molar-refractivity contribution >= 4 is 28.8 Å². The first-order valence-corrected chi connectivity index (χ1v) is 10.1. The van der Waals surface area contributed by atoms with E-state index in [2.05, 4.69) is 5.32 Å². The number of amides is 2. The normalized spacial score (nSPS) is 12.9. The number of nitrogens with one attached hydrogen (secondary N) is 1. The molecular weight excluding hydrogens is 391 g/mol. The maximum atomic E-state index is 12.9. The number of nitrogens with zero attached hydrogens (tertiary/aromatic N) is 1. The lowest BCUT2D eigenvalue weighted by Crippen LogP contribution is -2.35. The smallest absolute Gasteiger partial charge is 0.264 e. The lowest BCUT2D eigenvalue weighted by molar-refractivity contribution is -0.118. The Morgan fingerprint density at radius 1 is 1.10 bits per heavy atom. The molecule has 1 N–H and O–H groups in total. The maximum absolute atomic E-state index is 12.9. The molecule has 148 valence electrons. The average Bonchev–Trinajstić information content (AvgIpc) is 3.27. The van der Waals surface area contributed by atoms with Gasteiger partial charge in [0, 0.05) is 18.8 Å². The standard InChI is InChI=1S/C22H19FN2O3S/c23-17-4-7-19(8-5-17)28-14-21(26)24-18-6-3-15-9-10-25(13-16(15)12-18)22(27)20-2-1-11-29-20/h1-8,11-12H,9-10,13-14H2,(H,24,26). The molecule has 0 spiro atoms. The second-order valence-electron chi connectivity index (χ2n) is 6.73. The molecule has 0 saturated carbocycles. The summed E-state index contributed by atoms with van der Waals surface area (Å²) in [4.78, 5) is 27.3. The van der Waals surface area contributed by atoms with Crippen LogP contribution in [0.3, 0.4) is 0 Å². The Bertz CT molecular complexity index is 1020. The van der Waals surface area contributed by atoms with E-state index in [-0.39, 0.29) is 24.2 Å². The van der Waals surface area contributed by atoms with Gasteiger partial charge in [-0.1, -0.05) is 12.1 Å². The summed E-state index contributed by atoms with van der Waals surface area (Å²) < 4.78 is 18.3. The minimum absolute atomic E-state index is 0.0350. The van der Waals surface area contributed by atoms with Crippen LogP contribution in [0.2, 0.25) is 0 Å². The Kier molecular flexibility index (Phi) is 5.57. The lowest BCUT2D eigenvalue weighted by atomic mass is 9.99. The van der Waals surface area contributed by atoms with Gasteiger partial charge in [0.25, 0.3) is 11.8 Å². The number of anilines is 1. The summed E-state index contributed by atoms with van der Waals surface area (Å²) >= 11 is 1.44. The van der Waals surface area contributed by atoms with Crippen molar-refractivity contribution in [3.05, 3.63) is 81.8 Å². The number of hydrogen-bond acceptors (Lipinski definition) is 4. The molecule has 0 atom stereocenters. The summed E-state index contributed by atoms with van der Waals surface area (Å²) in [6, 6.07) is 14.9. The predicted molar refractivity (Wildman–Crippen MR) is 110 cm³/mol. The molecule has 1 aliphatic rings. The van der Waals surface area contributed by atoms with Gasteiger partial charge in [0.2, 0.25) is 0 Å². The highest BCUT2D eigenvalue weighted by Gasteiger charge is 2.22. The summed E-state index contributed by atoms with van der Waals surface area (Å²) in [7, 11) is 0. The van der Waals surface area contributed by atoms with Gasteiger partial charge in [0.1, 0.15) is 11.6 Å². The average molecular weight is 410 g/mol. The van der Waals surface area contributed by atoms with Crippen molar-refractivity contribution in [3.63, 3.8) is 0 Å². The van der Waals surface area contributed by atoms with E-state index in [0.29, 0.717) is 24.5 Å². The highest BCUT2D eigenvalue weighted by atomic mass is 32.1. The number of rotatable bonds is 5. The topological polar surface area (TPSA) is 58.6 Å². The number of fused-ring (bicyclic) bond motifs is 1. The van der Waals surface area contributed by atoms with Crippen molar-refractivity contribution < 1.29 is 18.7 Å². The van der Waals surface area contributed by atoms with Crippen LogP contribution >= 0.6 is 11.3 Å². The van der Waals surface area contributed by atoms with Gasteiger partial charge in [-0.25, -0.2) is 4.39 Å². The Hall–Kier alpha value is -3.19. The number of halogens is 1. The van der Waals surface area contributed by atoms with Crippen molar-refractivity contribution in [3.8, 4) is 5.75 Å². The van der Waals surface area contributed by atoms with E-state index < -0.39 is 0 Å². The Morgan fingerprint density at radius 3 is 2.69 bits per heavy atom. The monoisotopic (exact) mass is 410 g/mol. The third kappa shape index (κ3) is 4.63. The number of carbonyl (C=O) groups is 2. The summed E-state index contributed by atoms with van der Waals surface area (Å²) in [6.07, 6.45) is 0.786. The van der Waals surface area contributed by atoms with Gasteiger partial charge in [0.05, 0.1) is 4.88 Å². The number of hydrogen-bond donors (Lipinski definition) is 1. The Balaban J connectivity index is 1.37. The zero-order valence-electron chi connectivity index (χ0n) is 15.6. The molecule has 29 heavy (non-hydrogen) atoms. The minimum Gasteiger partial charge on any atom is -0.484 e. The van der Waals surface area contributed by atoms with Crippen LogP contribution in [-0.4, -0.2) is 29.9 Å². The third-order valence-corrected chi connectivity index (χ3v) is 5.56. The summed E-state index contributed by atoms with van der Waals surface area (Å²) in [5.74, 6) is -0.207. The van der Waals surface area contributed by atoms with Gasteiger partial charge in [-0.15, -0.1) is 11.3 Å². The van der Waals surface area contributed by atoms with Crippen LogP contribution in [0.25, 0.3) is 0 Å². The SMILES string of the molecule is O=C(COc1ccc(F)cc1)Nc1ccc2c(c1)CN(C(=O)c1cccs1)CC2. The molecule has 0 radical (unpaired) electrons. The van der Waals surface area contributed by atoms with Gasteiger partial charge in [-0.3, -0.25) is 9.59 Å². The summed E-state index contributed by atoms with van der Waals surface area (Å²) in [5, 5.41) is 4.70. The van der Waals surface area contributed by atoms with E-state index in [9.17, 15) is 14.0 Å². The van der Waals surface area contributed by atoms with E-state index >= 15 is 0 Å². The molecule has 0 unspecified atom stereocenters. The van der Waals surface area contributed by atoms with E-state index in [4.69, 9.17) is 4.74 Å². The van der Waals surface area contributed by atoms with Crippen molar-refractivity contribution in [2.45, 2.75) is 13.0 Å². The third-order valence-electron chi connectivity index (χ3n) is 4.71. The molecule has 1 aromatic heterocycles. The Morgan fingerprint density at radius 2 is 1.93 bits per heavy atom. The molecule has 3 aromatic rings. The first kappa shape index (κ1) is 19.1. The van der Waals surface area contributed by atoms with E-state index in [1.165, 1.54) is 41.2 Å². The molecule has 2 amide bonds. The summed E-state index contributed by atoms with van der Waals surface area (Å²) in [5.41, 5.74) is 2.86. The molecule has 0 fully saturated rings. The highest BCUT2D eigenvalue weighted by molar-refractivity contribution is 7.12. The highest BCUT2D eigenvalue weighted by Crippen LogP contribution is 2.25. The van der Waals surface area contributed by atoms with E-state index in [1.807, 2.05) is 40.6 Å². The van der Waals surface area contributed by atoms with Gasteiger partial charge in [0.15, 0.2) is 6.61 Å². The van der Waals surface area contributed by atoms with Crippen LogP contribution in [0.4, 0.5) is 10.1 Å². The van der Waals surface area contributed by atoms with Crippen LogP contribution in [0.1, 0.15) is 20.8 Å². The quantitative estimate of drug-likeness (QED) is 0.689.